The lowest BCUT2D eigenvalue weighted by molar-refractivity contribution is -0.678. The summed E-state index contributed by atoms with van der Waals surface area (Å²) < 4.78 is 5.51. The van der Waals surface area contributed by atoms with E-state index in [2.05, 4.69) is 10.6 Å². The highest BCUT2D eigenvalue weighted by Gasteiger charge is 2.23. The minimum Gasteiger partial charge on any atom is -0.463 e. The molecule has 1 aromatic carbocycles. The predicted molar refractivity (Wildman–Crippen MR) is 92.7 cm³/mol. The second kappa shape index (κ2) is 8.48. The lowest BCUT2D eigenvalue weighted by Gasteiger charge is -2.15. The Morgan fingerprint density at radius 2 is 1.88 bits per heavy atom. The van der Waals surface area contributed by atoms with Crippen molar-refractivity contribution in [3.8, 4) is 0 Å². The molecule has 2 aromatic rings. The molecule has 25 heavy (non-hydrogen) atoms. The largest absolute Gasteiger partial charge is 0.463 e. The maximum Gasteiger partial charge on any atom is 0.321 e. The maximum atomic E-state index is 12.1. The Balaban J connectivity index is 1.54. The Hall–Kier alpha value is -2.60. The fourth-order valence-electron chi connectivity index (χ4n) is 3.24. The van der Waals surface area contributed by atoms with Crippen LogP contribution in [0, 0.1) is 0 Å². The van der Waals surface area contributed by atoms with Gasteiger partial charge in [0, 0.05) is 11.6 Å². The standard InChI is InChI=1S/C19H23N3O3/c23-17(22-19(24)21-15-9-4-5-10-15)13-20-18(16-11-6-12-25-16)14-7-2-1-3-8-14/h1-3,6-8,11-12,15,18,20H,4-5,9-10,13H2,(H2,21,22,23,24)/p+1/t18-/m0/s1. The summed E-state index contributed by atoms with van der Waals surface area (Å²) in [5.74, 6) is 0.456. The number of furan rings is 1. The third-order valence-electron chi connectivity index (χ3n) is 4.49. The number of benzene rings is 1. The summed E-state index contributed by atoms with van der Waals surface area (Å²) in [5, 5.41) is 7.13. The summed E-state index contributed by atoms with van der Waals surface area (Å²) >= 11 is 0. The van der Waals surface area contributed by atoms with Crippen molar-refractivity contribution in [3.05, 3.63) is 60.1 Å². The Morgan fingerprint density at radius 1 is 1.12 bits per heavy atom. The molecular formula is C19H24N3O3+. The van der Waals surface area contributed by atoms with Gasteiger partial charge in [0.15, 0.2) is 18.3 Å². The topological polar surface area (TPSA) is 88.0 Å². The molecule has 0 bridgehead atoms. The Kier molecular flexibility index (Phi) is 5.85. The van der Waals surface area contributed by atoms with E-state index in [1.807, 2.05) is 47.8 Å². The van der Waals surface area contributed by atoms with Crippen LogP contribution in [0.5, 0.6) is 0 Å². The summed E-state index contributed by atoms with van der Waals surface area (Å²) in [5.41, 5.74) is 1.04. The number of hydrogen-bond acceptors (Lipinski definition) is 3. The van der Waals surface area contributed by atoms with E-state index in [1.54, 1.807) is 6.26 Å². The number of carbonyl (C=O) groups is 2. The molecule has 132 valence electrons. The molecule has 6 nitrogen and oxygen atoms in total. The summed E-state index contributed by atoms with van der Waals surface area (Å²) in [6.45, 7) is 0.137. The third kappa shape index (κ3) is 4.93. The van der Waals surface area contributed by atoms with Crippen LogP contribution in [-0.4, -0.2) is 24.5 Å². The number of amides is 3. The molecule has 1 heterocycles. The number of urea groups is 1. The first-order chi connectivity index (χ1) is 12.2. The van der Waals surface area contributed by atoms with Crippen LogP contribution in [0.4, 0.5) is 4.79 Å². The molecule has 6 heteroatoms. The molecule has 0 saturated heterocycles. The van der Waals surface area contributed by atoms with Gasteiger partial charge in [0.05, 0.1) is 6.26 Å². The Bertz CT molecular complexity index is 679. The van der Waals surface area contributed by atoms with Crippen LogP contribution in [0.1, 0.15) is 43.0 Å². The van der Waals surface area contributed by atoms with Crippen LogP contribution in [0.2, 0.25) is 0 Å². The van der Waals surface area contributed by atoms with Gasteiger partial charge in [-0.2, -0.15) is 0 Å². The second-order valence-electron chi connectivity index (χ2n) is 6.35. The number of quaternary nitrogens is 1. The molecule has 0 spiro atoms. The number of hydrogen-bond donors (Lipinski definition) is 3. The van der Waals surface area contributed by atoms with Crippen molar-refractivity contribution in [2.24, 2.45) is 0 Å². The van der Waals surface area contributed by atoms with E-state index >= 15 is 0 Å². The predicted octanol–water partition coefficient (Wildman–Crippen LogP) is 1.70. The highest BCUT2D eigenvalue weighted by Crippen LogP contribution is 2.18. The molecule has 1 aliphatic rings. The normalized spacial score (nSPS) is 15.7. The molecule has 1 saturated carbocycles. The van der Waals surface area contributed by atoms with Crippen molar-refractivity contribution in [2.75, 3.05) is 6.54 Å². The van der Waals surface area contributed by atoms with Gasteiger partial charge in [0.25, 0.3) is 5.91 Å². The van der Waals surface area contributed by atoms with E-state index in [1.165, 1.54) is 0 Å². The van der Waals surface area contributed by atoms with Crippen molar-refractivity contribution in [1.29, 1.82) is 0 Å². The average molecular weight is 342 g/mol. The summed E-state index contributed by atoms with van der Waals surface area (Å²) in [4.78, 5) is 24.0. The van der Waals surface area contributed by atoms with Crippen LogP contribution in [-0.2, 0) is 4.79 Å². The van der Waals surface area contributed by atoms with Gasteiger partial charge in [-0.3, -0.25) is 10.1 Å². The van der Waals surface area contributed by atoms with Gasteiger partial charge in [-0.05, 0) is 25.0 Å². The number of imide groups is 1. The highest BCUT2D eigenvalue weighted by atomic mass is 16.3. The molecule has 0 unspecified atom stereocenters. The second-order valence-corrected chi connectivity index (χ2v) is 6.35. The van der Waals surface area contributed by atoms with E-state index in [-0.39, 0.29) is 24.5 Å². The molecule has 1 fully saturated rings. The van der Waals surface area contributed by atoms with Crippen molar-refractivity contribution in [1.82, 2.24) is 10.6 Å². The van der Waals surface area contributed by atoms with Crippen LogP contribution < -0.4 is 16.0 Å². The molecule has 3 amide bonds. The van der Waals surface area contributed by atoms with Crippen LogP contribution in [0.15, 0.2) is 53.1 Å². The zero-order valence-corrected chi connectivity index (χ0v) is 14.1. The van der Waals surface area contributed by atoms with E-state index in [4.69, 9.17) is 4.42 Å². The maximum absolute atomic E-state index is 12.1. The number of rotatable bonds is 6. The van der Waals surface area contributed by atoms with Crippen molar-refractivity contribution in [2.45, 2.75) is 37.8 Å². The van der Waals surface area contributed by atoms with Crippen LogP contribution >= 0.6 is 0 Å². The van der Waals surface area contributed by atoms with Gasteiger partial charge in [-0.1, -0.05) is 43.2 Å². The quantitative estimate of drug-likeness (QED) is 0.747. The van der Waals surface area contributed by atoms with E-state index in [0.717, 1.165) is 37.0 Å². The van der Waals surface area contributed by atoms with E-state index < -0.39 is 6.03 Å². The monoisotopic (exact) mass is 342 g/mol. The molecule has 1 atom stereocenters. The summed E-state index contributed by atoms with van der Waals surface area (Å²) in [7, 11) is 0. The average Bonchev–Trinajstić information content (AvgIpc) is 3.30. The first kappa shape index (κ1) is 17.2. The smallest absolute Gasteiger partial charge is 0.321 e. The van der Waals surface area contributed by atoms with Gasteiger partial charge in [-0.15, -0.1) is 0 Å². The van der Waals surface area contributed by atoms with E-state index in [9.17, 15) is 9.59 Å². The van der Waals surface area contributed by atoms with Gasteiger partial charge in [0.1, 0.15) is 0 Å². The number of nitrogens with one attached hydrogen (secondary N) is 2. The number of nitrogens with two attached hydrogens (primary N) is 1. The molecule has 1 aliphatic carbocycles. The fraction of sp³-hybridized carbons (Fsp3) is 0.368. The van der Waals surface area contributed by atoms with Crippen LogP contribution in [0.25, 0.3) is 0 Å². The first-order valence-corrected chi connectivity index (χ1v) is 8.74. The Morgan fingerprint density at radius 3 is 2.56 bits per heavy atom. The van der Waals surface area contributed by atoms with Gasteiger partial charge in [0.2, 0.25) is 0 Å². The first-order valence-electron chi connectivity index (χ1n) is 8.74. The molecular weight excluding hydrogens is 318 g/mol. The Labute approximate surface area is 147 Å². The van der Waals surface area contributed by atoms with Crippen LogP contribution in [0.3, 0.4) is 0 Å². The molecule has 3 rings (SSSR count). The molecule has 0 radical (unpaired) electrons. The molecule has 4 N–H and O–H groups in total. The lowest BCUT2D eigenvalue weighted by Crippen LogP contribution is -2.87. The van der Waals surface area contributed by atoms with Crippen molar-refractivity contribution in [3.63, 3.8) is 0 Å². The minimum absolute atomic E-state index is 0.125. The zero-order valence-electron chi connectivity index (χ0n) is 14.1. The summed E-state index contributed by atoms with van der Waals surface area (Å²) in [6.07, 6.45) is 5.86. The summed E-state index contributed by atoms with van der Waals surface area (Å²) in [6, 6.07) is 13.2. The van der Waals surface area contributed by atoms with Crippen molar-refractivity contribution < 1.29 is 19.3 Å². The van der Waals surface area contributed by atoms with E-state index in [0.29, 0.717) is 0 Å². The SMILES string of the molecule is O=C(C[NH2+][C@@H](c1ccccc1)c1ccco1)NC(=O)NC1CCCC1. The zero-order chi connectivity index (χ0) is 17.5. The minimum atomic E-state index is -0.403. The van der Waals surface area contributed by atoms with Crippen molar-refractivity contribution >= 4 is 11.9 Å². The highest BCUT2D eigenvalue weighted by molar-refractivity contribution is 5.94. The van der Waals surface area contributed by atoms with Gasteiger partial charge in [-0.25, -0.2) is 4.79 Å². The third-order valence-corrected chi connectivity index (χ3v) is 4.49. The van der Waals surface area contributed by atoms with Gasteiger partial charge < -0.3 is 15.1 Å². The molecule has 0 aliphatic heterocycles. The van der Waals surface area contributed by atoms with Gasteiger partial charge >= 0.3 is 6.03 Å². The molecule has 1 aromatic heterocycles. The number of carbonyl (C=O) groups excluding carboxylic acids is 2. The lowest BCUT2D eigenvalue weighted by atomic mass is 10.0. The fourth-order valence-corrected chi connectivity index (χ4v) is 3.24.